The van der Waals surface area contributed by atoms with Crippen LogP contribution in [0, 0.1) is 11.7 Å². The van der Waals surface area contributed by atoms with E-state index in [9.17, 15) is 13.7 Å². The zero-order valence-corrected chi connectivity index (χ0v) is 19.5. The summed E-state index contributed by atoms with van der Waals surface area (Å²) < 4.78 is 35.5. The van der Waals surface area contributed by atoms with Gasteiger partial charge in [-0.2, -0.15) is 9.78 Å². The third-order valence-electron chi connectivity index (χ3n) is 6.59. The summed E-state index contributed by atoms with van der Waals surface area (Å²) in [6.45, 7) is 4.69. The molecule has 0 spiro atoms. The van der Waals surface area contributed by atoms with Crippen LogP contribution in [0.25, 0.3) is 5.69 Å². The lowest BCUT2D eigenvalue weighted by atomic mass is 9.86. The van der Waals surface area contributed by atoms with Crippen LogP contribution in [0.2, 0.25) is 0 Å². The molecule has 2 fully saturated rings. The number of para-hydroxylation sites is 1. The Morgan fingerprint density at radius 2 is 1.81 bits per heavy atom. The van der Waals surface area contributed by atoms with E-state index in [0.717, 1.165) is 36.8 Å². The molecule has 4 rings (SSSR count). The summed E-state index contributed by atoms with van der Waals surface area (Å²) in [4.78, 5) is 15.5. The first-order valence-electron chi connectivity index (χ1n) is 11.3. The van der Waals surface area contributed by atoms with Gasteiger partial charge in [-0.05, 0) is 43.7 Å². The predicted octanol–water partition coefficient (Wildman–Crippen LogP) is 3.13. The molecule has 0 amide bonds. The summed E-state index contributed by atoms with van der Waals surface area (Å²) in [5, 5.41) is 4.29. The molecular formula is C23H31FN4O3S. The number of hydrogen-bond donors (Lipinski definition) is 0. The second kappa shape index (κ2) is 10.2. The summed E-state index contributed by atoms with van der Waals surface area (Å²) in [6.07, 6.45) is 8.38. The Bertz CT molecular complexity index is 970. The first-order chi connectivity index (χ1) is 15.5. The maximum absolute atomic E-state index is 14.4. The van der Waals surface area contributed by atoms with E-state index in [0.29, 0.717) is 37.8 Å². The zero-order valence-electron chi connectivity index (χ0n) is 18.7. The number of aromatic nitrogens is 2. The zero-order chi connectivity index (χ0) is 22.7. The molecular weight excluding hydrogens is 431 g/mol. The van der Waals surface area contributed by atoms with Gasteiger partial charge in [-0.1, -0.05) is 25.5 Å². The van der Waals surface area contributed by atoms with Crippen LogP contribution in [-0.2, 0) is 11.4 Å². The maximum Gasteiger partial charge on any atom is 0.316 e. The minimum Gasteiger partial charge on any atom is -0.598 e. The summed E-state index contributed by atoms with van der Waals surface area (Å²) >= 11 is -1.02. The third kappa shape index (κ3) is 4.94. The maximum atomic E-state index is 14.4. The van der Waals surface area contributed by atoms with E-state index in [-0.39, 0.29) is 17.5 Å². The molecule has 1 saturated carbocycles. The standard InChI is InChI=1S/C23H31FN4O3S/c1-3-17-8-10-18(11-9-17)31-22-21(26-12-14-27(15-13-26)32(2)30)16-25-28(23(22)29)20-7-5-4-6-19(20)24/h4-7,16-18H,3,8-15H2,1-2H3. The first-order valence-corrected chi connectivity index (χ1v) is 12.9. The first kappa shape index (κ1) is 23.1. The van der Waals surface area contributed by atoms with Crippen molar-refractivity contribution in [3.05, 3.63) is 46.6 Å². The average Bonchev–Trinajstić information content (AvgIpc) is 2.81. The van der Waals surface area contributed by atoms with E-state index in [1.54, 1.807) is 24.6 Å². The van der Waals surface area contributed by atoms with Crippen molar-refractivity contribution in [3.8, 4) is 11.4 Å². The molecule has 0 bridgehead atoms. The van der Waals surface area contributed by atoms with Crippen LogP contribution in [0.3, 0.4) is 0 Å². The molecule has 1 unspecified atom stereocenters. The predicted molar refractivity (Wildman–Crippen MR) is 124 cm³/mol. The summed E-state index contributed by atoms with van der Waals surface area (Å²) in [7, 11) is 0. The molecule has 32 heavy (non-hydrogen) atoms. The number of ether oxygens (including phenoxy) is 1. The highest BCUT2D eigenvalue weighted by atomic mass is 32.2. The number of benzene rings is 1. The smallest absolute Gasteiger partial charge is 0.316 e. The van der Waals surface area contributed by atoms with Crippen molar-refractivity contribution in [2.24, 2.45) is 5.92 Å². The van der Waals surface area contributed by atoms with E-state index in [1.807, 2.05) is 4.31 Å². The van der Waals surface area contributed by atoms with Crippen molar-refractivity contribution >= 4 is 17.0 Å². The van der Waals surface area contributed by atoms with Gasteiger partial charge in [0, 0.05) is 24.5 Å². The highest BCUT2D eigenvalue weighted by Crippen LogP contribution is 2.32. The summed E-state index contributed by atoms with van der Waals surface area (Å²) in [5.74, 6) is 0.433. The Hall–Kier alpha value is -2.10. The highest BCUT2D eigenvalue weighted by molar-refractivity contribution is 7.88. The van der Waals surface area contributed by atoms with Gasteiger partial charge < -0.3 is 14.2 Å². The fraction of sp³-hybridized carbons (Fsp3) is 0.565. The van der Waals surface area contributed by atoms with Gasteiger partial charge in [0.25, 0.3) is 0 Å². The van der Waals surface area contributed by atoms with Crippen LogP contribution in [0.15, 0.2) is 35.3 Å². The fourth-order valence-corrected chi connectivity index (χ4v) is 5.25. The van der Waals surface area contributed by atoms with E-state index in [1.165, 1.54) is 12.1 Å². The van der Waals surface area contributed by atoms with Gasteiger partial charge in [0.15, 0.2) is 0 Å². The van der Waals surface area contributed by atoms with Crippen LogP contribution < -0.4 is 15.2 Å². The minimum atomic E-state index is -1.02. The lowest BCUT2D eigenvalue weighted by molar-refractivity contribution is 0.128. The van der Waals surface area contributed by atoms with Gasteiger partial charge in [0.1, 0.15) is 23.4 Å². The number of nitrogens with zero attached hydrogens (tertiary/aromatic N) is 4. The number of anilines is 1. The molecule has 2 aromatic rings. The molecule has 1 aromatic carbocycles. The number of rotatable bonds is 6. The van der Waals surface area contributed by atoms with Gasteiger partial charge in [-0.15, -0.1) is 4.31 Å². The minimum absolute atomic E-state index is 0.0369. The van der Waals surface area contributed by atoms with Crippen molar-refractivity contribution in [1.29, 1.82) is 0 Å². The molecule has 1 aromatic heterocycles. The molecule has 174 valence electrons. The second-order valence-corrected chi connectivity index (χ2v) is 9.90. The fourth-order valence-electron chi connectivity index (χ4n) is 4.57. The Balaban J connectivity index is 1.66. The largest absolute Gasteiger partial charge is 0.598 e. The molecule has 7 nitrogen and oxygen atoms in total. The summed E-state index contributed by atoms with van der Waals surface area (Å²) in [6, 6.07) is 6.11. The van der Waals surface area contributed by atoms with Crippen molar-refractivity contribution in [1.82, 2.24) is 14.1 Å². The van der Waals surface area contributed by atoms with Crippen LogP contribution in [0.1, 0.15) is 39.0 Å². The van der Waals surface area contributed by atoms with Crippen LogP contribution >= 0.6 is 0 Å². The Kier molecular flexibility index (Phi) is 7.37. The average molecular weight is 463 g/mol. The second-order valence-electron chi connectivity index (χ2n) is 8.54. The summed E-state index contributed by atoms with van der Waals surface area (Å²) in [5.41, 5.74) is 0.281. The normalized spacial score (nSPS) is 23.2. The molecule has 2 aliphatic rings. The monoisotopic (exact) mass is 462 g/mol. The Morgan fingerprint density at radius 3 is 2.44 bits per heavy atom. The quantitative estimate of drug-likeness (QED) is 0.614. The molecule has 1 saturated heterocycles. The number of hydrogen-bond acceptors (Lipinski definition) is 6. The van der Waals surface area contributed by atoms with Crippen LogP contribution in [-0.4, -0.2) is 57.2 Å². The van der Waals surface area contributed by atoms with Gasteiger partial charge in [-0.25, -0.2) is 4.39 Å². The van der Waals surface area contributed by atoms with E-state index in [4.69, 9.17) is 4.74 Å². The molecule has 0 radical (unpaired) electrons. The van der Waals surface area contributed by atoms with E-state index >= 15 is 0 Å². The van der Waals surface area contributed by atoms with Gasteiger partial charge in [-0.3, -0.25) is 4.79 Å². The van der Waals surface area contributed by atoms with Crippen LogP contribution in [0.4, 0.5) is 10.1 Å². The topological polar surface area (TPSA) is 73.7 Å². The Labute approximate surface area is 191 Å². The molecule has 1 atom stereocenters. The molecule has 1 aliphatic carbocycles. The van der Waals surface area contributed by atoms with Gasteiger partial charge >= 0.3 is 5.56 Å². The van der Waals surface area contributed by atoms with Crippen LogP contribution in [0.5, 0.6) is 5.75 Å². The van der Waals surface area contributed by atoms with Crippen molar-refractivity contribution in [2.75, 3.05) is 37.3 Å². The SMILES string of the molecule is CCC1CCC(Oc2c(N3CCN([S+](C)[O-])CC3)cnn(-c3ccccc3F)c2=O)CC1. The lowest BCUT2D eigenvalue weighted by Gasteiger charge is -2.36. The molecule has 9 heteroatoms. The highest BCUT2D eigenvalue weighted by Gasteiger charge is 2.29. The third-order valence-corrected chi connectivity index (χ3v) is 7.69. The van der Waals surface area contributed by atoms with Crippen molar-refractivity contribution in [2.45, 2.75) is 45.1 Å². The van der Waals surface area contributed by atoms with Crippen molar-refractivity contribution < 1.29 is 13.7 Å². The van der Waals surface area contributed by atoms with Crippen molar-refractivity contribution in [3.63, 3.8) is 0 Å². The van der Waals surface area contributed by atoms with Gasteiger partial charge in [0.05, 0.1) is 25.4 Å². The van der Waals surface area contributed by atoms with E-state index < -0.39 is 22.7 Å². The number of piperazine rings is 1. The molecule has 1 aliphatic heterocycles. The van der Waals surface area contributed by atoms with E-state index in [2.05, 4.69) is 16.9 Å². The molecule has 0 N–H and O–H groups in total. The Morgan fingerprint density at radius 1 is 1.12 bits per heavy atom. The lowest BCUT2D eigenvalue weighted by Crippen LogP contribution is -2.49. The van der Waals surface area contributed by atoms with Gasteiger partial charge in [0.2, 0.25) is 5.75 Å². The molecule has 2 heterocycles. The number of halogens is 1.